The SMILES string of the molecule is CCOC(=O)c1c(C[NH2+]c2ccc(Cl)c(Cl)c2)[nH]c(C(=O)OC(C)(C)C)c1CC.O=C([O-])C(F)(F)F. The monoisotopic (exact) mass is 554 g/mol. The van der Waals surface area contributed by atoms with E-state index in [4.69, 9.17) is 42.6 Å². The lowest BCUT2D eigenvalue weighted by atomic mass is 10.1. The number of nitrogens with two attached hydrogens (primary N) is 1. The number of carbonyl (C=O) groups is 3. The standard InChI is InChI=1S/C21H26Cl2N2O4.C2HF3O2/c1-6-13-17(19(26)28-7-2)16(25-18(13)20(27)29-21(3,4)5)11-24-12-8-9-14(22)15(23)10-12;3-2(4,5)1(6)7/h8-10,24-25H,6-7,11H2,1-5H3;(H,6,7). The van der Waals surface area contributed by atoms with Crippen molar-refractivity contribution in [1.82, 2.24) is 4.98 Å². The summed E-state index contributed by atoms with van der Waals surface area (Å²) in [6.07, 6.45) is -4.72. The van der Waals surface area contributed by atoms with Gasteiger partial charge in [-0.3, -0.25) is 0 Å². The molecule has 2 aromatic rings. The number of nitrogens with one attached hydrogen (secondary N) is 1. The highest BCUT2D eigenvalue weighted by molar-refractivity contribution is 6.42. The minimum Gasteiger partial charge on any atom is -0.542 e. The maximum Gasteiger partial charge on any atom is 0.430 e. The quantitative estimate of drug-likeness (QED) is 0.397. The molecule has 0 fully saturated rings. The van der Waals surface area contributed by atoms with Gasteiger partial charge in [-0.2, -0.15) is 13.2 Å². The summed E-state index contributed by atoms with van der Waals surface area (Å²) in [4.78, 5) is 37.2. The number of quaternary nitrogens is 1. The summed E-state index contributed by atoms with van der Waals surface area (Å²) in [6, 6.07) is 5.28. The Bertz CT molecular complexity index is 1090. The van der Waals surface area contributed by atoms with Gasteiger partial charge in [0.1, 0.15) is 29.5 Å². The number of halogens is 5. The lowest BCUT2D eigenvalue weighted by Crippen LogP contribution is -2.76. The molecular formula is C23H27Cl2F3N2O6. The molecule has 0 radical (unpaired) electrons. The maximum absolute atomic E-state index is 12.7. The van der Waals surface area contributed by atoms with Crippen LogP contribution in [0, 0.1) is 0 Å². The molecule has 0 aliphatic carbocycles. The largest absolute Gasteiger partial charge is 0.542 e. The Balaban J connectivity index is 0.000000809. The van der Waals surface area contributed by atoms with E-state index in [0.717, 1.165) is 5.69 Å². The van der Waals surface area contributed by atoms with Crippen LogP contribution in [-0.2, 0) is 27.2 Å². The third-order valence-corrected chi connectivity index (χ3v) is 5.07. The number of hydrogen-bond donors (Lipinski definition) is 2. The van der Waals surface area contributed by atoms with Crippen molar-refractivity contribution in [1.29, 1.82) is 0 Å². The second-order valence-electron chi connectivity index (χ2n) is 8.28. The average molecular weight is 555 g/mol. The Morgan fingerprint density at radius 2 is 1.64 bits per heavy atom. The van der Waals surface area contributed by atoms with Gasteiger partial charge in [0.05, 0.1) is 27.9 Å². The van der Waals surface area contributed by atoms with Crippen molar-refractivity contribution >= 4 is 46.8 Å². The predicted molar refractivity (Wildman–Crippen MR) is 124 cm³/mol. The summed E-state index contributed by atoms with van der Waals surface area (Å²) in [6.45, 7) is 9.63. The summed E-state index contributed by atoms with van der Waals surface area (Å²) >= 11 is 12.0. The summed E-state index contributed by atoms with van der Waals surface area (Å²) in [5, 5.41) is 11.6. The molecule has 0 aliphatic heterocycles. The van der Waals surface area contributed by atoms with E-state index in [0.29, 0.717) is 39.8 Å². The molecule has 1 aromatic carbocycles. The Labute approximate surface area is 216 Å². The summed E-state index contributed by atoms with van der Waals surface area (Å²) < 4.78 is 42.3. The Morgan fingerprint density at radius 1 is 1.06 bits per heavy atom. The molecule has 0 unspecified atom stereocenters. The van der Waals surface area contributed by atoms with Gasteiger partial charge in [0.2, 0.25) is 0 Å². The second-order valence-corrected chi connectivity index (χ2v) is 9.09. The number of rotatable bonds is 7. The summed E-state index contributed by atoms with van der Waals surface area (Å²) in [7, 11) is 0. The smallest absolute Gasteiger partial charge is 0.430 e. The minimum atomic E-state index is -5.19. The number of aromatic nitrogens is 1. The van der Waals surface area contributed by atoms with Crippen LogP contribution in [0.5, 0.6) is 0 Å². The molecule has 36 heavy (non-hydrogen) atoms. The number of carboxylic acid groups (broad SMARTS) is 1. The normalized spacial score (nSPS) is 11.4. The fourth-order valence-corrected chi connectivity index (χ4v) is 3.22. The molecule has 0 aliphatic rings. The third kappa shape index (κ3) is 9.36. The number of H-pyrrole nitrogens is 1. The first-order valence-electron chi connectivity index (χ1n) is 10.7. The number of ether oxygens (including phenoxy) is 2. The number of esters is 2. The van der Waals surface area contributed by atoms with Crippen LogP contribution in [0.4, 0.5) is 18.9 Å². The zero-order valence-electron chi connectivity index (χ0n) is 20.3. The van der Waals surface area contributed by atoms with Gasteiger partial charge in [-0.15, -0.1) is 0 Å². The maximum atomic E-state index is 12.7. The molecule has 8 nitrogen and oxygen atoms in total. The van der Waals surface area contributed by atoms with Crippen molar-refractivity contribution in [3.8, 4) is 0 Å². The molecule has 1 aromatic heterocycles. The number of aliphatic carboxylic acids is 1. The first-order chi connectivity index (χ1) is 16.5. The van der Waals surface area contributed by atoms with E-state index in [1.54, 1.807) is 39.8 Å². The van der Waals surface area contributed by atoms with Crippen LogP contribution in [0.25, 0.3) is 0 Å². The molecule has 0 amide bonds. The molecular weight excluding hydrogens is 528 g/mol. The molecule has 0 spiro atoms. The fourth-order valence-electron chi connectivity index (χ4n) is 2.91. The number of alkyl halides is 3. The average Bonchev–Trinajstić information content (AvgIpc) is 3.12. The topological polar surface area (TPSA) is 125 Å². The zero-order valence-corrected chi connectivity index (χ0v) is 21.8. The van der Waals surface area contributed by atoms with E-state index in [1.165, 1.54) is 0 Å². The highest BCUT2D eigenvalue weighted by Gasteiger charge is 2.30. The van der Waals surface area contributed by atoms with Crippen LogP contribution >= 0.6 is 23.2 Å². The Hall–Kier alpha value is -2.76. The van der Waals surface area contributed by atoms with Crippen LogP contribution in [0.1, 0.15) is 66.7 Å². The number of carboxylic acids is 1. The van der Waals surface area contributed by atoms with Gasteiger partial charge >= 0.3 is 18.1 Å². The lowest BCUT2D eigenvalue weighted by molar-refractivity contribution is -0.589. The highest BCUT2D eigenvalue weighted by Crippen LogP contribution is 2.25. The lowest BCUT2D eigenvalue weighted by Gasteiger charge is -2.19. The van der Waals surface area contributed by atoms with Gasteiger partial charge in [-0.05, 0) is 45.7 Å². The molecule has 3 N–H and O–H groups in total. The van der Waals surface area contributed by atoms with Crippen LogP contribution in [0.15, 0.2) is 18.2 Å². The van der Waals surface area contributed by atoms with Crippen molar-refractivity contribution in [2.75, 3.05) is 6.61 Å². The molecule has 0 saturated heterocycles. The van der Waals surface area contributed by atoms with Crippen LogP contribution in [0.2, 0.25) is 10.0 Å². The van der Waals surface area contributed by atoms with E-state index < -0.39 is 29.7 Å². The van der Waals surface area contributed by atoms with E-state index in [1.807, 2.05) is 18.3 Å². The van der Waals surface area contributed by atoms with E-state index in [-0.39, 0.29) is 12.3 Å². The third-order valence-electron chi connectivity index (χ3n) is 4.33. The Kier molecular flexibility index (Phi) is 11.3. The van der Waals surface area contributed by atoms with Crippen LogP contribution < -0.4 is 10.4 Å². The highest BCUT2D eigenvalue weighted by atomic mass is 35.5. The minimum absolute atomic E-state index is 0.241. The fraction of sp³-hybridized carbons (Fsp3) is 0.435. The molecule has 1 heterocycles. The van der Waals surface area contributed by atoms with E-state index in [2.05, 4.69) is 4.98 Å². The first-order valence-corrected chi connectivity index (χ1v) is 11.5. The van der Waals surface area contributed by atoms with Gasteiger partial charge in [-0.1, -0.05) is 30.1 Å². The molecule has 0 atom stereocenters. The van der Waals surface area contributed by atoms with Crippen molar-refractivity contribution in [2.45, 2.75) is 59.4 Å². The molecule has 0 bridgehead atoms. The van der Waals surface area contributed by atoms with Crippen molar-refractivity contribution in [2.24, 2.45) is 0 Å². The Morgan fingerprint density at radius 3 is 2.08 bits per heavy atom. The summed E-state index contributed by atoms with van der Waals surface area (Å²) in [5.41, 5.74) is 2.04. The number of carbonyl (C=O) groups excluding carboxylic acids is 3. The first kappa shape index (κ1) is 31.3. The van der Waals surface area contributed by atoms with Gasteiger partial charge < -0.3 is 29.7 Å². The van der Waals surface area contributed by atoms with E-state index in [9.17, 15) is 22.8 Å². The van der Waals surface area contributed by atoms with Crippen molar-refractivity contribution < 1.29 is 47.5 Å². The van der Waals surface area contributed by atoms with Crippen LogP contribution in [0.3, 0.4) is 0 Å². The van der Waals surface area contributed by atoms with E-state index >= 15 is 0 Å². The van der Waals surface area contributed by atoms with Gasteiger partial charge in [0, 0.05) is 12.1 Å². The number of hydrogen-bond acceptors (Lipinski definition) is 6. The van der Waals surface area contributed by atoms with Crippen molar-refractivity contribution in [3.63, 3.8) is 0 Å². The zero-order chi connectivity index (χ0) is 27.8. The van der Waals surface area contributed by atoms with Gasteiger partial charge in [0.25, 0.3) is 0 Å². The number of aromatic amines is 1. The van der Waals surface area contributed by atoms with Gasteiger partial charge in [-0.25, -0.2) is 9.59 Å². The van der Waals surface area contributed by atoms with Gasteiger partial charge in [0.15, 0.2) is 0 Å². The van der Waals surface area contributed by atoms with Crippen LogP contribution in [-0.4, -0.2) is 41.3 Å². The molecule has 13 heteroatoms. The van der Waals surface area contributed by atoms with Crippen molar-refractivity contribution in [3.05, 3.63) is 50.8 Å². The predicted octanol–water partition coefficient (Wildman–Crippen LogP) is 3.71. The molecule has 0 saturated carbocycles. The molecule has 2 rings (SSSR count). The number of benzene rings is 1. The molecule has 200 valence electrons. The second kappa shape index (κ2) is 13.0. The summed E-state index contributed by atoms with van der Waals surface area (Å²) in [5.74, 6) is -3.97.